The lowest BCUT2D eigenvalue weighted by atomic mass is 10.2. The molecule has 0 bridgehead atoms. The van der Waals surface area contributed by atoms with Gasteiger partial charge >= 0.3 is 0 Å². The van der Waals surface area contributed by atoms with E-state index in [9.17, 15) is 8.42 Å². The van der Waals surface area contributed by atoms with Crippen LogP contribution in [0.5, 0.6) is 0 Å². The van der Waals surface area contributed by atoms with Crippen molar-refractivity contribution in [1.82, 2.24) is 4.31 Å². The summed E-state index contributed by atoms with van der Waals surface area (Å²) < 4.78 is 27.1. The quantitative estimate of drug-likeness (QED) is 0.686. The molecule has 0 atom stereocenters. The molecule has 0 radical (unpaired) electrons. The van der Waals surface area contributed by atoms with Crippen LogP contribution in [0.3, 0.4) is 0 Å². The third-order valence-corrected chi connectivity index (χ3v) is 6.33. The molecular weight excluding hydrogens is 306 g/mol. The van der Waals surface area contributed by atoms with Crippen LogP contribution in [-0.2, 0) is 21.7 Å². The normalized spacial score (nSPS) is 19.1. The monoisotopic (exact) mass is 327 g/mol. The first kappa shape index (κ1) is 15.3. The minimum absolute atomic E-state index is 0.106. The van der Waals surface area contributed by atoms with E-state index in [4.69, 9.17) is 11.6 Å². The first-order valence-electron chi connectivity index (χ1n) is 7.68. The fraction of sp³-hybridized carbons (Fsp3) is 0.625. The molecule has 3 rings (SSSR count). The Morgan fingerprint density at radius 3 is 1.86 bits per heavy atom. The van der Waals surface area contributed by atoms with Crippen LogP contribution >= 0.6 is 11.6 Å². The number of hydrogen-bond acceptors (Lipinski definition) is 2. The summed E-state index contributed by atoms with van der Waals surface area (Å²) >= 11 is 5.76. The molecule has 2 saturated carbocycles. The van der Waals surface area contributed by atoms with Gasteiger partial charge < -0.3 is 0 Å². The van der Waals surface area contributed by atoms with E-state index in [0.29, 0.717) is 17.7 Å². The molecule has 2 aliphatic carbocycles. The molecular formula is C16H22ClNO2S. The second kappa shape index (κ2) is 6.27. The summed E-state index contributed by atoms with van der Waals surface area (Å²) in [5.41, 5.74) is 1.87. The molecule has 0 spiro atoms. The van der Waals surface area contributed by atoms with E-state index in [1.54, 1.807) is 4.31 Å². The molecule has 0 saturated heterocycles. The lowest BCUT2D eigenvalue weighted by Gasteiger charge is -2.22. The molecule has 2 fully saturated rings. The van der Waals surface area contributed by atoms with Crippen LogP contribution in [0.2, 0.25) is 0 Å². The van der Waals surface area contributed by atoms with E-state index < -0.39 is 10.0 Å². The number of benzene rings is 1. The predicted molar refractivity (Wildman–Crippen MR) is 85.6 cm³/mol. The summed E-state index contributed by atoms with van der Waals surface area (Å²) in [6.07, 6.45) is 4.73. The van der Waals surface area contributed by atoms with Gasteiger partial charge in [-0.2, -0.15) is 0 Å². The molecule has 5 heteroatoms. The molecule has 1 aromatic carbocycles. The van der Waals surface area contributed by atoms with Gasteiger partial charge in [-0.25, -0.2) is 12.7 Å². The van der Waals surface area contributed by atoms with E-state index in [-0.39, 0.29) is 5.75 Å². The average Bonchev–Trinajstić information content (AvgIpc) is 3.34. The maximum absolute atomic E-state index is 12.7. The van der Waals surface area contributed by atoms with Gasteiger partial charge in [0.25, 0.3) is 0 Å². The molecule has 21 heavy (non-hydrogen) atoms. The van der Waals surface area contributed by atoms with Crippen molar-refractivity contribution in [1.29, 1.82) is 0 Å². The first-order valence-corrected chi connectivity index (χ1v) is 9.83. The van der Waals surface area contributed by atoms with Crippen molar-refractivity contribution in [2.24, 2.45) is 11.8 Å². The van der Waals surface area contributed by atoms with Crippen LogP contribution in [0.4, 0.5) is 0 Å². The molecule has 0 amide bonds. The van der Waals surface area contributed by atoms with Gasteiger partial charge in [-0.1, -0.05) is 24.3 Å². The molecule has 2 aliphatic rings. The zero-order chi connectivity index (χ0) is 14.9. The minimum atomic E-state index is -3.20. The minimum Gasteiger partial charge on any atom is -0.212 e. The Morgan fingerprint density at radius 1 is 0.952 bits per heavy atom. The highest BCUT2D eigenvalue weighted by molar-refractivity contribution is 7.88. The van der Waals surface area contributed by atoms with E-state index >= 15 is 0 Å². The third-order valence-electron chi connectivity index (χ3n) is 4.24. The van der Waals surface area contributed by atoms with E-state index in [2.05, 4.69) is 0 Å². The van der Waals surface area contributed by atoms with Gasteiger partial charge in [-0.05, 0) is 48.6 Å². The standard InChI is InChI=1S/C16H22ClNO2S/c17-9-13-1-7-16(8-2-13)12-21(19,20)18(10-14-3-4-14)11-15-5-6-15/h1-2,7-8,14-15H,3-6,9-12H2. The fourth-order valence-electron chi connectivity index (χ4n) is 2.50. The largest absolute Gasteiger partial charge is 0.218 e. The van der Waals surface area contributed by atoms with Gasteiger partial charge in [-0.3, -0.25) is 0 Å². The number of nitrogens with zero attached hydrogens (tertiary/aromatic N) is 1. The average molecular weight is 328 g/mol. The van der Waals surface area contributed by atoms with Gasteiger partial charge in [0.05, 0.1) is 5.75 Å². The van der Waals surface area contributed by atoms with Gasteiger partial charge in [0.15, 0.2) is 0 Å². The molecule has 0 heterocycles. The SMILES string of the molecule is O=S(=O)(Cc1ccc(CCl)cc1)N(CC1CC1)CC1CC1. The second-order valence-electron chi connectivity index (χ2n) is 6.41. The number of halogens is 1. The predicted octanol–water partition coefficient (Wildman–Crippen LogP) is 3.38. The first-order chi connectivity index (χ1) is 10.1. The Kier molecular flexibility index (Phi) is 4.57. The highest BCUT2D eigenvalue weighted by Gasteiger charge is 2.34. The van der Waals surface area contributed by atoms with Crippen molar-refractivity contribution < 1.29 is 8.42 Å². The van der Waals surface area contributed by atoms with Crippen molar-refractivity contribution in [3.05, 3.63) is 35.4 Å². The fourth-order valence-corrected chi connectivity index (χ4v) is 4.36. The molecule has 0 unspecified atom stereocenters. The Balaban J connectivity index is 1.69. The van der Waals surface area contributed by atoms with Crippen LogP contribution in [-0.4, -0.2) is 25.8 Å². The maximum atomic E-state index is 12.7. The molecule has 3 nitrogen and oxygen atoms in total. The van der Waals surface area contributed by atoms with Crippen molar-refractivity contribution in [3.8, 4) is 0 Å². The highest BCUT2D eigenvalue weighted by Crippen LogP contribution is 2.35. The topological polar surface area (TPSA) is 37.4 Å². The smallest absolute Gasteiger partial charge is 0.212 e. The van der Waals surface area contributed by atoms with Crippen LogP contribution < -0.4 is 0 Å². The molecule has 0 N–H and O–H groups in total. The molecule has 116 valence electrons. The number of rotatable bonds is 8. The number of alkyl halides is 1. The van der Waals surface area contributed by atoms with Crippen molar-refractivity contribution in [2.75, 3.05) is 13.1 Å². The third kappa shape index (κ3) is 4.44. The van der Waals surface area contributed by atoms with Gasteiger partial charge in [-0.15, -0.1) is 11.6 Å². The number of hydrogen-bond donors (Lipinski definition) is 0. The van der Waals surface area contributed by atoms with Gasteiger partial charge in [0.2, 0.25) is 10.0 Å². The molecule has 1 aromatic rings. The van der Waals surface area contributed by atoms with Crippen molar-refractivity contribution >= 4 is 21.6 Å². The Bertz CT molecular complexity index is 563. The van der Waals surface area contributed by atoms with Crippen LogP contribution in [0.1, 0.15) is 36.8 Å². The number of sulfonamides is 1. The Hall–Kier alpha value is -0.580. The summed E-state index contributed by atoms with van der Waals surface area (Å²) in [7, 11) is -3.20. The molecule has 0 aliphatic heterocycles. The lowest BCUT2D eigenvalue weighted by molar-refractivity contribution is 0.381. The zero-order valence-electron chi connectivity index (χ0n) is 12.2. The Morgan fingerprint density at radius 2 is 1.43 bits per heavy atom. The van der Waals surface area contributed by atoms with E-state index in [1.165, 1.54) is 25.7 Å². The summed E-state index contributed by atoms with van der Waals surface area (Å²) in [5.74, 6) is 1.76. The lowest BCUT2D eigenvalue weighted by Crippen LogP contribution is -2.35. The van der Waals surface area contributed by atoms with E-state index in [0.717, 1.165) is 24.2 Å². The van der Waals surface area contributed by atoms with Gasteiger partial charge in [0, 0.05) is 19.0 Å². The molecule has 0 aromatic heterocycles. The summed E-state index contributed by atoms with van der Waals surface area (Å²) in [6, 6.07) is 7.57. The van der Waals surface area contributed by atoms with Gasteiger partial charge in [0.1, 0.15) is 0 Å². The Labute approximate surface area is 132 Å². The van der Waals surface area contributed by atoms with Crippen molar-refractivity contribution in [2.45, 2.75) is 37.3 Å². The second-order valence-corrected chi connectivity index (χ2v) is 8.65. The summed E-state index contributed by atoms with van der Waals surface area (Å²) in [6.45, 7) is 1.44. The summed E-state index contributed by atoms with van der Waals surface area (Å²) in [4.78, 5) is 0. The summed E-state index contributed by atoms with van der Waals surface area (Å²) in [5, 5.41) is 0. The van der Waals surface area contributed by atoms with Crippen molar-refractivity contribution in [3.63, 3.8) is 0 Å². The maximum Gasteiger partial charge on any atom is 0.218 e. The van der Waals surface area contributed by atoms with Crippen LogP contribution in [0.25, 0.3) is 0 Å². The zero-order valence-corrected chi connectivity index (χ0v) is 13.7. The van der Waals surface area contributed by atoms with Crippen LogP contribution in [0.15, 0.2) is 24.3 Å². The van der Waals surface area contributed by atoms with E-state index in [1.807, 2.05) is 24.3 Å². The van der Waals surface area contributed by atoms with Crippen LogP contribution in [0, 0.1) is 11.8 Å². The highest BCUT2D eigenvalue weighted by atomic mass is 35.5.